The van der Waals surface area contributed by atoms with Gasteiger partial charge in [0.15, 0.2) is 0 Å². The summed E-state index contributed by atoms with van der Waals surface area (Å²) in [7, 11) is 0. The number of carboxylic acids is 1. The molecule has 0 saturated heterocycles. The minimum Gasteiger partial charge on any atom is -0.478 e. The first-order chi connectivity index (χ1) is 9.02. The van der Waals surface area contributed by atoms with Gasteiger partial charge in [0.25, 0.3) is 0 Å². The Balaban J connectivity index is 2.81. The molecule has 0 aliphatic rings. The van der Waals surface area contributed by atoms with Crippen molar-refractivity contribution in [1.29, 1.82) is 0 Å². The van der Waals surface area contributed by atoms with Crippen molar-refractivity contribution in [1.82, 2.24) is 0 Å². The van der Waals surface area contributed by atoms with Crippen LogP contribution in [-0.4, -0.2) is 17.0 Å². The molecule has 4 nitrogen and oxygen atoms in total. The average molecular weight is 283 g/mol. The predicted molar refractivity (Wildman–Crippen MR) is 72.5 cm³/mol. The summed E-state index contributed by atoms with van der Waals surface area (Å²) >= 11 is 5.90. The van der Waals surface area contributed by atoms with Gasteiger partial charge in [-0.15, -0.1) is 0 Å². The van der Waals surface area contributed by atoms with Crippen molar-refractivity contribution in [2.45, 2.75) is 26.2 Å². The molecule has 0 unspecified atom stereocenters. The van der Waals surface area contributed by atoms with E-state index in [4.69, 9.17) is 21.4 Å². The van der Waals surface area contributed by atoms with Crippen molar-refractivity contribution in [2.24, 2.45) is 0 Å². The van der Waals surface area contributed by atoms with Crippen molar-refractivity contribution < 1.29 is 19.4 Å². The van der Waals surface area contributed by atoms with Gasteiger partial charge in [-0.3, -0.25) is 0 Å². The molecule has 0 aliphatic carbocycles. The van der Waals surface area contributed by atoms with Crippen molar-refractivity contribution in [3.05, 3.63) is 40.9 Å². The number of carbonyl (C=O) groups is 2. The Hall–Kier alpha value is -1.81. The first kappa shape index (κ1) is 15.2. The van der Waals surface area contributed by atoms with Gasteiger partial charge in [0, 0.05) is 17.2 Å². The van der Waals surface area contributed by atoms with E-state index in [2.05, 4.69) is 6.92 Å². The van der Waals surface area contributed by atoms with Crippen LogP contribution in [0.4, 0.5) is 0 Å². The van der Waals surface area contributed by atoms with Crippen LogP contribution in [-0.2, 0) is 16.0 Å². The summed E-state index contributed by atoms with van der Waals surface area (Å²) in [4.78, 5) is 21.7. The van der Waals surface area contributed by atoms with Crippen molar-refractivity contribution in [2.75, 3.05) is 0 Å². The van der Waals surface area contributed by atoms with Gasteiger partial charge in [-0.2, -0.15) is 0 Å². The largest absolute Gasteiger partial charge is 0.478 e. The van der Waals surface area contributed by atoms with Crippen LogP contribution in [0, 0.1) is 0 Å². The number of hydrogen-bond donors (Lipinski definition) is 1. The van der Waals surface area contributed by atoms with E-state index in [-0.39, 0.29) is 0 Å². The lowest BCUT2D eigenvalue weighted by atomic mass is 10.1. The van der Waals surface area contributed by atoms with E-state index in [1.807, 2.05) is 0 Å². The van der Waals surface area contributed by atoms with Crippen molar-refractivity contribution in [3.8, 4) is 5.75 Å². The third-order valence-electron chi connectivity index (χ3n) is 2.39. The van der Waals surface area contributed by atoms with E-state index in [9.17, 15) is 9.59 Å². The molecule has 0 aromatic heterocycles. The van der Waals surface area contributed by atoms with Gasteiger partial charge in [0.1, 0.15) is 5.75 Å². The number of rotatable bonds is 6. The maximum Gasteiger partial charge on any atom is 0.336 e. The van der Waals surface area contributed by atoms with Gasteiger partial charge in [-0.25, -0.2) is 9.59 Å². The van der Waals surface area contributed by atoms with Crippen LogP contribution >= 0.6 is 11.6 Å². The van der Waals surface area contributed by atoms with Crippen molar-refractivity contribution in [3.63, 3.8) is 0 Å². The smallest absolute Gasteiger partial charge is 0.336 e. The van der Waals surface area contributed by atoms with Gasteiger partial charge < -0.3 is 9.84 Å². The molecule has 0 amide bonds. The van der Waals surface area contributed by atoms with Gasteiger partial charge >= 0.3 is 11.9 Å². The summed E-state index contributed by atoms with van der Waals surface area (Å²) in [6, 6.07) is 4.99. The van der Waals surface area contributed by atoms with E-state index in [1.165, 1.54) is 0 Å². The lowest BCUT2D eigenvalue weighted by molar-refractivity contribution is -0.133. The molecule has 0 radical (unpaired) electrons. The van der Waals surface area contributed by atoms with Gasteiger partial charge in [0.05, 0.1) is 0 Å². The molecule has 102 valence electrons. The molecule has 0 spiro atoms. The van der Waals surface area contributed by atoms with Crippen LogP contribution in [0.2, 0.25) is 5.02 Å². The molecule has 1 aromatic rings. The standard InChI is InChI=1S/C14H15ClO4/c1-2-3-4-10-9-11(15)5-6-12(10)19-14(18)8-7-13(16)17/h5-9H,2-4H2,1H3,(H,16,17)/b8-7-. The molecular weight excluding hydrogens is 268 g/mol. The Morgan fingerprint density at radius 3 is 2.74 bits per heavy atom. The first-order valence-corrected chi connectivity index (χ1v) is 6.32. The summed E-state index contributed by atoms with van der Waals surface area (Å²) in [6.45, 7) is 2.06. The van der Waals surface area contributed by atoms with E-state index < -0.39 is 11.9 Å². The van der Waals surface area contributed by atoms with E-state index in [0.29, 0.717) is 10.8 Å². The van der Waals surface area contributed by atoms with Crippen LogP contribution in [0.5, 0.6) is 5.75 Å². The number of ether oxygens (including phenoxy) is 1. The lowest BCUT2D eigenvalue weighted by Crippen LogP contribution is -2.07. The molecule has 0 fully saturated rings. The summed E-state index contributed by atoms with van der Waals surface area (Å²) in [6.07, 6.45) is 4.33. The van der Waals surface area contributed by atoms with E-state index in [0.717, 1.165) is 37.0 Å². The highest BCUT2D eigenvalue weighted by Gasteiger charge is 2.08. The third-order valence-corrected chi connectivity index (χ3v) is 2.63. The lowest BCUT2D eigenvalue weighted by Gasteiger charge is -2.09. The topological polar surface area (TPSA) is 63.6 Å². The predicted octanol–water partition coefficient (Wildman–Crippen LogP) is 3.23. The SMILES string of the molecule is CCCCc1cc(Cl)ccc1OC(=O)/C=C\C(=O)O. The zero-order valence-electron chi connectivity index (χ0n) is 10.6. The third kappa shape index (κ3) is 5.57. The Kier molecular flexibility index (Phi) is 6.09. The zero-order chi connectivity index (χ0) is 14.3. The molecule has 1 aromatic carbocycles. The molecule has 1 N–H and O–H groups in total. The number of halogens is 1. The second-order valence-corrected chi connectivity index (χ2v) is 4.38. The fourth-order valence-corrected chi connectivity index (χ4v) is 1.69. The number of unbranched alkanes of at least 4 members (excludes halogenated alkanes) is 1. The minimum atomic E-state index is -1.20. The number of esters is 1. The number of aryl methyl sites for hydroxylation is 1. The molecule has 5 heteroatoms. The van der Waals surface area contributed by atoms with Crippen LogP contribution in [0.15, 0.2) is 30.4 Å². The monoisotopic (exact) mass is 282 g/mol. The average Bonchev–Trinajstić information content (AvgIpc) is 2.36. The molecule has 0 atom stereocenters. The fourth-order valence-electron chi connectivity index (χ4n) is 1.49. The highest BCUT2D eigenvalue weighted by Crippen LogP contribution is 2.24. The van der Waals surface area contributed by atoms with E-state index in [1.54, 1.807) is 18.2 Å². The van der Waals surface area contributed by atoms with Crippen LogP contribution in [0.1, 0.15) is 25.3 Å². The maximum absolute atomic E-state index is 11.4. The molecular formula is C14H15ClO4. The number of hydrogen-bond acceptors (Lipinski definition) is 3. The van der Waals surface area contributed by atoms with Crippen molar-refractivity contribution >= 4 is 23.5 Å². The summed E-state index contributed by atoms with van der Waals surface area (Å²) < 4.78 is 5.10. The summed E-state index contributed by atoms with van der Waals surface area (Å²) in [5, 5.41) is 9.00. The fraction of sp³-hybridized carbons (Fsp3) is 0.286. The Morgan fingerprint density at radius 1 is 1.37 bits per heavy atom. The Bertz CT molecular complexity index is 494. The second kappa shape index (κ2) is 7.59. The second-order valence-electron chi connectivity index (χ2n) is 3.95. The number of aliphatic carboxylic acids is 1. The Labute approximate surface area is 116 Å². The summed E-state index contributed by atoms with van der Waals surface area (Å²) in [5.41, 5.74) is 0.839. The highest BCUT2D eigenvalue weighted by molar-refractivity contribution is 6.30. The highest BCUT2D eigenvalue weighted by atomic mass is 35.5. The molecule has 0 saturated carbocycles. The van der Waals surface area contributed by atoms with Gasteiger partial charge in [-0.1, -0.05) is 24.9 Å². The molecule has 0 aliphatic heterocycles. The zero-order valence-corrected chi connectivity index (χ0v) is 11.3. The van der Waals surface area contributed by atoms with Crippen LogP contribution in [0.25, 0.3) is 0 Å². The van der Waals surface area contributed by atoms with E-state index >= 15 is 0 Å². The molecule has 1 rings (SSSR count). The molecule has 0 heterocycles. The van der Waals surface area contributed by atoms with Gasteiger partial charge in [-0.05, 0) is 36.6 Å². The van der Waals surface area contributed by atoms with Crippen LogP contribution in [0.3, 0.4) is 0 Å². The quantitative estimate of drug-likeness (QED) is 0.494. The molecule has 0 bridgehead atoms. The van der Waals surface area contributed by atoms with Gasteiger partial charge in [0.2, 0.25) is 0 Å². The first-order valence-electron chi connectivity index (χ1n) is 5.94. The van der Waals surface area contributed by atoms with Crippen LogP contribution < -0.4 is 4.74 Å². The molecule has 19 heavy (non-hydrogen) atoms. The summed E-state index contributed by atoms with van der Waals surface area (Å²) in [5.74, 6) is -1.50. The number of benzene rings is 1. The number of carbonyl (C=O) groups excluding carboxylic acids is 1. The number of carboxylic acid groups (broad SMARTS) is 1. The Morgan fingerprint density at radius 2 is 2.11 bits per heavy atom. The normalized spacial score (nSPS) is 10.6. The maximum atomic E-state index is 11.4. The minimum absolute atomic E-state index is 0.415.